The highest BCUT2D eigenvalue weighted by molar-refractivity contribution is 5.92. The number of nitrogens with zero attached hydrogens (tertiary/aromatic N) is 1. The molecule has 0 aromatic heterocycles. The second-order valence-electron chi connectivity index (χ2n) is 4.96. The Balaban J connectivity index is 1.96. The third-order valence-electron chi connectivity index (χ3n) is 3.36. The summed E-state index contributed by atoms with van der Waals surface area (Å²) in [7, 11) is 1.70. The van der Waals surface area contributed by atoms with Gasteiger partial charge in [0, 0.05) is 32.1 Å². The van der Waals surface area contributed by atoms with Crippen LogP contribution in [0.3, 0.4) is 0 Å². The molecular formula is C14H17N3O3. The minimum absolute atomic E-state index is 0.0534. The molecule has 0 radical (unpaired) electrons. The molecule has 3 N–H and O–H groups in total. The molecule has 1 saturated heterocycles. The molecular weight excluding hydrogens is 258 g/mol. The molecule has 1 atom stereocenters. The third kappa shape index (κ3) is 3.14. The first-order valence-electron chi connectivity index (χ1n) is 6.38. The van der Waals surface area contributed by atoms with Gasteiger partial charge in [-0.1, -0.05) is 12.1 Å². The molecule has 1 aliphatic rings. The lowest BCUT2D eigenvalue weighted by Crippen LogP contribution is -2.33. The first kappa shape index (κ1) is 14.0. The van der Waals surface area contributed by atoms with Crippen LogP contribution in [0.1, 0.15) is 22.3 Å². The minimum Gasteiger partial charge on any atom is -0.366 e. The van der Waals surface area contributed by atoms with E-state index < -0.39 is 5.91 Å². The van der Waals surface area contributed by atoms with E-state index in [1.807, 2.05) is 0 Å². The van der Waals surface area contributed by atoms with Gasteiger partial charge >= 0.3 is 0 Å². The molecule has 1 aromatic carbocycles. The maximum absolute atomic E-state index is 12.1. The average molecular weight is 275 g/mol. The fourth-order valence-corrected chi connectivity index (χ4v) is 2.22. The van der Waals surface area contributed by atoms with Crippen molar-refractivity contribution in [3.63, 3.8) is 0 Å². The Labute approximate surface area is 116 Å². The molecule has 0 spiro atoms. The van der Waals surface area contributed by atoms with Crippen LogP contribution < -0.4 is 11.1 Å². The maximum atomic E-state index is 12.1. The number of carbonyl (C=O) groups is 3. The predicted octanol–water partition coefficient (Wildman–Crippen LogP) is -0.120. The van der Waals surface area contributed by atoms with Crippen LogP contribution in [0, 0.1) is 5.92 Å². The minimum atomic E-state index is -0.475. The Morgan fingerprint density at radius 1 is 1.35 bits per heavy atom. The van der Waals surface area contributed by atoms with Crippen LogP contribution in [0.15, 0.2) is 24.3 Å². The van der Waals surface area contributed by atoms with Crippen LogP contribution in [0.5, 0.6) is 0 Å². The standard InChI is InChI=1S/C14H17N3O3/c1-17(14(20)11-6-12(18)16-7-11)8-9-2-4-10(5-3-9)13(15)19/h2-5,11H,6-8H2,1H3,(H2,15,19)(H,16,18). The summed E-state index contributed by atoms with van der Waals surface area (Å²) in [6, 6.07) is 6.80. The Morgan fingerprint density at radius 2 is 2.00 bits per heavy atom. The van der Waals surface area contributed by atoms with Gasteiger partial charge in [-0.05, 0) is 17.7 Å². The number of carbonyl (C=O) groups excluding carboxylic acids is 3. The number of hydrogen-bond donors (Lipinski definition) is 2. The van der Waals surface area contributed by atoms with Gasteiger partial charge in [-0.3, -0.25) is 14.4 Å². The number of hydrogen-bond acceptors (Lipinski definition) is 3. The van der Waals surface area contributed by atoms with Gasteiger partial charge in [0.2, 0.25) is 17.7 Å². The van der Waals surface area contributed by atoms with E-state index >= 15 is 0 Å². The number of nitrogens with one attached hydrogen (secondary N) is 1. The highest BCUT2D eigenvalue weighted by Crippen LogP contribution is 2.14. The zero-order valence-electron chi connectivity index (χ0n) is 11.3. The van der Waals surface area contributed by atoms with Crippen molar-refractivity contribution in [1.82, 2.24) is 10.2 Å². The van der Waals surface area contributed by atoms with E-state index in [2.05, 4.69) is 5.32 Å². The number of primary amides is 1. The molecule has 1 aliphatic heterocycles. The SMILES string of the molecule is CN(Cc1ccc(C(N)=O)cc1)C(=O)C1CNC(=O)C1. The highest BCUT2D eigenvalue weighted by Gasteiger charge is 2.29. The topological polar surface area (TPSA) is 92.5 Å². The highest BCUT2D eigenvalue weighted by atomic mass is 16.2. The second kappa shape index (κ2) is 5.73. The van der Waals surface area contributed by atoms with Crippen LogP contribution in [-0.4, -0.2) is 36.2 Å². The fraction of sp³-hybridized carbons (Fsp3) is 0.357. The van der Waals surface area contributed by atoms with Crippen molar-refractivity contribution in [2.75, 3.05) is 13.6 Å². The van der Waals surface area contributed by atoms with E-state index in [0.29, 0.717) is 18.7 Å². The molecule has 0 aliphatic carbocycles. The average Bonchev–Trinajstić information content (AvgIpc) is 2.85. The molecule has 1 heterocycles. The van der Waals surface area contributed by atoms with Crippen LogP contribution in [-0.2, 0) is 16.1 Å². The first-order valence-corrected chi connectivity index (χ1v) is 6.38. The van der Waals surface area contributed by atoms with Gasteiger partial charge in [0.25, 0.3) is 0 Å². The number of rotatable bonds is 4. The van der Waals surface area contributed by atoms with E-state index in [9.17, 15) is 14.4 Å². The monoisotopic (exact) mass is 275 g/mol. The maximum Gasteiger partial charge on any atom is 0.248 e. The fourth-order valence-electron chi connectivity index (χ4n) is 2.22. The molecule has 0 bridgehead atoms. The Kier molecular flexibility index (Phi) is 4.02. The summed E-state index contributed by atoms with van der Waals surface area (Å²) in [4.78, 5) is 35.8. The van der Waals surface area contributed by atoms with Gasteiger partial charge in [-0.25, -0.2) is 0 Å². The number of benzene rings is 1. The third-order valence-corrected chi connectivity index (χ3v) is 3.36. The summed E-state index contributed by atoms with van der Waals surface area (Å²) in [5.41, 5.74) is 6.51. The van der Waals surface area contributed by atoms with Gasteiger partial charge in [-0.15, -0.1) is 0 Å². The van der Waals surface area contributed by atoms with E-state index in [-0.39, 0.29) is 24.2 Å². The smallest absolute Gasteiger partial charge is 0.248 e. The molecule has 1 unspecified atom stereocenters. The van der Waals surface area contributed by atoms with Crippen molar-refractivity contribution in [2.45, 2.75) is 13.0 Å². The van der Waals surface area contributed by atoms with Gasteiger partial charge in [-0.2, -0.15) is 0 Å². The molecule has 6 nitrogen and oxygen atoms in total. The molecule has 0 saturated carbocycles. The van der Waals surface area contributed by atoms with E-state index in [1.165, 1.54) is 0 Å². The van der Waals surface area contributed by atoms with Crippen molar-refractivity contribution in [1.29, 1.82) is 0 Å². The predicted molar refractivity (Wildman–Crippen MR) is 72.6 cm³/mol. The lowest BCUT2D eigenvalue weighted by Gasteiger charge is -2.20. The van der Waals surface area contributed by atoms with Gasteiger partial charge in [0.1, 0.15) is 0 Å². The van der Waals surface area contributed by atoms with E-state index in [1.54, 1.807) is 36.2 Å². The molecule has 2 rings (SSSR count). The zero-order valence-corrected chi connectivity index (χ0v) is 11.3. The van der Waals surface area contributed by atoms with Crippen LogP contribution >= 0.6 is 0 Å². The second-order valence-corrected chi connectivity index (χ2v) is 4.96. The summed E-state index contributed by atoms with van der Waals surface area (Å²) in [6.07, 6.45) is 0.254. The quantitative estimate of drug-likeness (QED) is 0.802. The van der Waals surface area contributed by atoms with Crippen LogP contribution in [0.4, 0.5) is 0 Å². The van der Waals surface area contributed by atoms with Gasteiger partial charge < -0.3 is 16.0 Å². The zero-order chi connectivity index (χ0) is 14.7. The molecule has 1 aromatic rings. The van der Waals surface area contributed by atoms with Crippen LogP contribution in [0.25, 0.3) is 0 Å². The summed E-state index contributed by atoms with van der Waals surface area (Å²) < 4.78 is 0. The number of amides is 3. The number of nitrogens with two attached hydrogens (primary N) is 1. The van der Waals surface area contributed by atoms with E-state index in [4.69, 9.17) is 5.73 Å². The summed E-state index contributed by atoms with van der Waals surface area (Å²) in [6.45, 7) is 0.838. The normalized spacial score (nSPS) is 17.6. The first-order chi connectivity index (χ1) is 9.47. The lowest BCUT2D eigenvalue weighted by molar-refractivity contribution is -0.135. The molecule has 1 fully saturated rings. The van der Waals surface area contributed by atoms with Crippen molar-refractivity contribution < 1.29 is 14.4 Å². The van der Waals surface area contributed by atoms with Crippen molar-refractivity contribution >= 4 is 17.7 Å². The van der Waals surface area contributed by atoms with Crippen molar-refractivity contribution in [2.24, 2.45) is 11.7 Å². The molecule has 6 heteroatoms. The molecule has 20 heavy (non-hydrogen) atoms. The lowest BCUT2D eigenvalue weighted by atomic mass is 10.1. The van der Waals surface area contributed by atoms with Gasteiger partial charge in [0.05, 0.1) is 5.92 Å². The summed E-state index contributed by atoms with van der Waals surface area (Å²) in [5.74, 6) is -0.890. The van der Waals surface area contributed by atoms with Crippen molar-refractivity contribution in [3.8, 4) is 0 Å². The summed E-state index contributed by atoms with van der Waals surface area (Å²) >= 11 is 0. The summed E-state index contributed by atoms with van der Waals surface area (Å²) in [5, 5.41) is 2.65. The Bertz CT molecular complexity index is 539. The van der Waals surface area contributed by atoms with Crippen molar-refractivity contribution in [3.05, 3.63) is 35.4 Å². The largest absolute Gasteiger partial charge is 0.366 e. The van der Waals surface area contributed by atoms with Crippen LogP contribution in [0.2, 0.25) is 0 Å². The Morgan fingerprint density at radius 3 is 2.50 bits per heavy atom. The Hall–Kier alpha value is -2.37. The molecule has 106 valence electrons. The van der Waals surface area contributed by atoms with E-state index in [0.717, 1.165) is 5.56 Å². The van der Waals surface area contributed by atoms with Gasteiger partial charge in [0.15, 0.2) is 0 Å². The molecule has 3 amide bonds.